The van der Waals surface area contributed by atoms with Crippen LogP contribution < -0.4 is 10.1 Å². The summed E-state index contributed by atoms with van der Waals surface area (Å²) < 4.78 is 42.0. The van der Waals surface area contributed by atoms with Gasteiger partial charge in [-0.15, -0.1) is 0 Å². The summed E-state index contributed by atoms with van der Waals surface area (Å²) in [6.45, 7) is 0. The molecular weight excluding hydrogens is 231 g/mol. The summed E-state index contributed by atoms with van der Waals surface area (Å²) in [7, 11) is 3.04. The summed E-state index contributed by atoms with van der Waals surface area (Å²) in [4.78, 5) is 0. The van der Waals surface area contributed by atoms with E-state index in [9.17, 15) is 13.2 Å². The Balaban J connectivity index is 2.73. The van der Waals surface area contributed by atoms with Crippen LogP contribution in [0.5, 0.6) is 5.75 Å². The van der Waals surface area contributed by atoms with Crippen LogP contribution in [0.25, 0.3) is 0 Å². The van der Waals surface area contributed by atoms with Gasteiger partial charge in [0.25, 0.3) is 0 Å². The molecule has 17 heavy (non-hydrogen) atoms. The van der Waals surface area contributed by atoms with E-state index in [1.54, 1.807) is 24.3 Å². The van der Waals surface area contributed by atoms with E-state index in [4.69, 9.17) is 4.74 Å². The first-order valence-electron chi connectivity index (χ1n) is 5.32. The summed E-state index contributed by atoms with van der Waals surface area (Å²) in [6, 6.07) is 6.47. The molecule has 0 spiro atoms. The lowest BCUT2D eigenvalue weighted by Gasteiger charge is -2.19. The minimum absolute atomic E-state index is 0.292. The van der Waals surface area contributed by atoms with Gasteiger partial charge in [-0.1, -0.05) is 18.2 Å². The van der Waals surface area contributed by atoms with Crippen LogP contribution in [0.4, 0.5) is 13.2 Å². The largest absolute Gasteiger partial charge is 0.496 e. The van der Waals surface area contributed by atoms with Crippen LogP contribution in [0.15, 0.2) is 24.3 Å². The average molecular weight is 247 g/mol. The van der Waals surface area contributed by atoms with Gasteiger partial charge in [-0.25, -0.2) is 0 Å². The molecule has 2 nitrogen and oxygen atoms in total. The highest BCUT2D eigenvalue weighted by Gasteiger charge is 2.31. The van der Waals surface area contributed by atoms with Gasteiger partial charge in [-0.2, -0.15) is 13.2 Å². The third-order valence-corrected chi connectivity index (χ3v) is 2.54. The maximum atomic E-state index is 12.3. The van der Waals surface area contributed by atoms with Crippen molar-refractivity contribution in [3.05, 3.63) is 29.8 Å². The Hall–Kier alpha value is -1.23. The number of alkyl halides is 3. The molecule has 0 radical (unpaired) electrons. The van der Waals surface area contributed by atoms with Crippen LogP contribution in [0.2, 0.25) is 0 Å². The molecule has 5 heteroatoms. The van der Waals surface area contributed by atoms with Crippen molar-refractivity contribution < 1.29 is 17.9 Å². The Morgan fingerprint density at radius 1 is 1.29 bits per heavy atom. The van der Waals surface area contributed by atoms with Crippen LogP contribution in [0.1, 0.15) is 12.0 Å². The lowest BCUT2D eigenvalue weighted by molar-refractivity contribution is -0.139. The van der Waals surface area contributed by atoms with Crippen molar-refractivity contribution >= 4 is 0 Å². The molecule has 1 unspecified atom stereocenters. The molecule has 1 aromatic carbocycles. The SMILES string of the molecule is CNC(Cc1ccccc1OC)CC(F)(F)F. The number of para-hydroxylation sites is 1. The molecule has 1 atom stereocenters. The number of ether oxygens (including phenoxy) is 1. The Kier molecular flexibility index (Phi) is 4.81. The van der Waals surface area contributed by atoms with Crippen molar-refractivity contribution in [1.29, 1.82) is 0 Å². The van der Waals surface area contributed by atoms with Crippen molar-refractivity contribution in [3.63, 3.8) is 0 Å². The number of benzene rings is 1. The maximum absolute atomic E-state index is 12.3. The molecule has 0 aromatic heterocycles. The number of hydrogen-bond donors (Lipinski definition) is 1. The fourth-order valence-electron chi connectivity index (χ4n) is 1.69. The Morgan fingerprint density at radius 2 is 1.94 bits per heavy atom. The van der Waals surface area contributed by atoms with Gasteiger partial charge < -0.3 is 10.1 Å². The molecular formula is C12H16F3NO. The van der Waals surface area contributed by atoms with Gasteiger partial charge >= 0.3 is 6.18 Å². The highest BCUT2D eigenvalue weighted by molar-refractivity contribution is 5.33. The molecule has 0 aliphatic rings. The molecule has 1 aromatic rings. The van der Waals surface area contributed by atoms with Crippen LogP contribution in [-0.4, -0.2) is 26.4 Å². The van der Waals surface area contributed by atoms with Crippen LogP contribution >= 0.6 is 0 Å². The number of methoxy groups -OCH3 is 1. The molecule has 0 bridgehead atoms. The van der Waals surface area contributed by atoms with Gasteiger partial charge in [-0.05, 0) is 25.1 Å². The number of halogens is 3. The Bertz CT molecular complexity index is 352. The number of nitrogens with one attached hydrogen (secondary N) is 1. The van der Waals surface area contributed by atoms with Crippen LogP contribution in [-0.2, 0) is 6.42 Å². The van der Waals surface area contributed by atoms with Gasteiger partial charge in [0.05, 0.1) is 13.5 Å². The van der Waals surface area contributed by atoms with Crippen LogP contribution in [0.3, 0.4) is 0 Å². The summed E-state index contributed by atoms with van der Waals surface area (Å²) >= 11 is 0. The van der Waals surface area contributed by atoms with Crippen molar-refractivity contribution in [1.82, 2.24) is 5.32 Å². The summed E-state index contributed by atoms with van der Waals surface area (Å²) in [5, 5.41) is 2.68. The van der Waals surface area contributed by atoms with Gasteiger partial charge in [-0.3, -0.25) is 0 Å². The smallest absolute Gasteiger partial charge is 0.390 e. The minimum atomic E-state index is -4.16. The van der Waals surface area contributed by atoms with Crippen LogP contribution in [0, 0.1) is 0 Å². The minimum Gasteiger partial charge on any atom is -0.496 e. The van der Waals surface area contributed by atoms with Gasteiger partial charge in [0.2, 0.25) is 0 Å². The monoisotopic (exact) mass is 247 g/mol. The fourth-order valence-corrected chi connectivity index (χ4v) is 1.69. The van der Waals surface area contributed by atoms with E-state index in [0.717, 1.165) is 5.56 Å². The van der Waals surface area contributed by atoms with Crippen molar-refractivity contribution in [2.45, 2.75) is 25.1 Å². The molecule has 1 rings (SSSR count). The second-order valence-electron chi connectivity index (χ2n) is 3.82. The van der Waals surface area contributed by atoms with Crippen molar-refractivity contribution in [2.24, 2.45) is 0 Å². The first-order valence-corrected chi connectivity index (χ1v) is 5.32. The van der Waals surface area contributed by atoms with E-state index in [0.29, 0.717) is 12.2 Å². The summed E-state index contributed by atoms with van der Waals surface area (Å²) in [5.41, 5.74) is 0.776. The van der Waals surface area contributed by atoms with Crippen molar-refractivity contribution in [3.8, 4) is 5.75 Å². The van der Waals surface area contributed by atoms with Crippen molar-refractivity contribution in [2.75, 3.05) is 14.2 Å². The molecule has 0 fully saturated rings. The van der Waals surface area contributed by atoms with E-state index in [1.807, 2.05) is 0 Å². The Labute approximate surface area is 98.8 Å². The molecule has 0 amide bonds. The van der Waals surface area contributed by atoms with E-state index >= 15 is 0 Å². The van der Waals surface area contributed by atoms with Gasteiger partial charge in [0, 0.05) is 6.04 Å². The molecule has 0 aliphatic carbocycles. The first-order chi connectivity index (χ1) is 7.96. The predicted octanol–water partition coefficient (Wildman–Crippen LogP) is 2.78. The fraction of sp³-hybridized carbons (Fsp3) is 0.500. The molecule has 0 heterocycles. The highest BCUT2D eigenvalue weighted by atomic mass is 19.4. The summed E-state index contributed by atoms with van der Waals surface area (Å²) in [5.74, 6) is 0.620. The summed E-state index contributed by atoms with van der Waals surface area (Å²) in [6.07, 6.45) is -4.71. The molecule has 1 N–H and O–H groups in total. The zero-order valence-corrected chi connectivity index (χ0v) is 9.84. The number of hydrogen-bond acceptors (Lipinski definition) is 2. The Morgan fingerprint density at radius 3 is 2.47 bits per heavy atom. The molecule has 96 valence electrons. The second kappa shape index (κ2) is 5.91. The average Bonchev–Trinajstić information content (AvgIpc) is 2.27. The van der Waals surface area contributed by atoms with E-state index in [1.165, 1.54) is 14.2 Å². The molecule has 0 saturated carbocycles. The van der Waals surface area contributed by atoms with E-state index in [-0.39, 0.29) is 0 Å². The molecule has 0 saturated heterocycles. The molecule has 0 aliphatic heterocycles. The standard InChI is InChI=1S/C12H16F3NO/c1-16-10(8-12(13,14)15)7-9-5-3-4-6-11(9)17-2/h3-6,10,16H,7-8H2,1-2H3. The third kappa shape index (κ3) is 4.65. The zero-order chi connectivity index (χ0) is 12.9. The van der Waals surface area contributed by atoms with E-state index in [2.05, 4.69) is 5.32 Å². The third-order valence-electron chi connectivity index (χ3n) is 2.54. The lowest BCUT2D eigenvalue weighted by atomic mass is 10.0. The van der Waals surface area contributed by atoms with Gasteiger partial charge in [0.1, 0.15) is 5.75 Å². The lowest BCUT2D eigenvalue weighted by Crippen LogP contribution is -2.33. The number of rotatable bonds is 5. The van der Waals surface area contributed by atoms with E-state index < -0.39 is 18.6 Å². The second-order valence-corrected chi connectivity index (χ2v) is 3.82. The predicted molar refractivity (Wildman–Crippen MR) is 60.2 cm³/mol. The zero-order valence-electron chi connectivity index (χ0n) is 9.84. The number of likely N-dealkylation sites (N-methyl/N-ethyl adjacent to an activating group) is 1. The highest BCUT2D eigenvalue weighted by Crippen LogP contribution is 2.25. The normalized spacial score (nSPS) is 13.5. The first kappa shape index (κ1) is 13.8. The topological polar surface area (TPSA) is 21.3 Å². The quantitative estimate of drug-likeness (QED) is 0.863. The maximum Gasteiger partial charge on any atom is 0.390 e. The van der Waals surface area contributed by atoms with Gasteiger partial charge in [0.15, 0.2) is 0 Å².